The topological polar surface area (TPSA) is 0 Å². The average molecular weight is 305 g/mol. The molecule has 0 amide bonds. The molecule has 1 rings (SSSR count). The van der Waals surface area contributed by atoms with Crippen LogP contribution in [0.2, 0.25) is 0 Å². The van der Waals surface area contributed by atoms with E-state index in [0.29, 0.717) is 5.92 Å². The summed E-state index contributed by atoms with van der Waals surface area (Å²) in [6.07, 6.45) is 6.37. The largest absolute Gasteiger partial charge is 0.130 e. The van der Waals surface area contributed by atoms with E-state index in [1.54, 1.807) is 11.1 Å². The Morgan fingerprint density at radius 2 is 2.10 bits per heavy atom. The summed E-state index contributed by atoms with van der Waals surface area (Å²) in [6.45, 7) is 13.5. The second-order valence-corrected chi connectivity index (χ2v) is 7.82. The Morgan fingerprint density at radius 1 is 1.38 bits per heavy atom. The van der Waals surface area contributed by atoms with Crippen LogP contribution in [0.1, 0.15) is 73.6 Å². The fourth-order valence-electron chi connectivity index (χ4n) is 2.98. The van der Waals surface area contributed by atoms with Crippen LogP contribution in [0.25, 0.3) is 0 Å². The molecule has 0 heterocycles. The minimum Gasteiger partial charge on any atom is -0.130 e. The van der Waals surface area contributed by atoms with Gasteiger partial charge in [-0.2, -0.15) is 0 Å². The Balaban J connectivity index is 3.16. The van der Waals surface area contributed by atoms with E-state index >= 15 is 0 Å². The van der Waals surface area contributed by atoms with E-state index in [9.17, 15) is 0 Å². The van der Waals surface area contributed by atoms with Crippen LogP contribution in [-0.4, -0.2) is 5.75 Å². The second kappa shape index (κ2) is 9.42. The van der Waals surface area contributed by atoms with E-state index < -0.39 is 0 Å². The fraction of sp³-hybridized carbons (Fsp3) is 0.700. The molecule has 21 heavy (non-hydrogen) atoms. The maximum Gasteiger partial charge on any atom is 0.0369 e. The Labute approximate surface area is 136 Å². The van der Waals surface area contributed by atoms with Gasteiger partial charge in [-0.05, 0) is 67.6 Å². The lowest BCUT2D eigenvalue weighted by Gasteiger charge is -2.28. The molecule has 0 saturated heterocycles. The fourth-order valence-corrected chi connectivity index (χ4v) is 4.03. The molecule has 1 heteroatoms. The molecule has 118 valence electrons. The molecular weight excluding hydrogens is 272 g/mol. The summed E-state index contributed by atoms with van der Waals surface area (Å²) in [5.41, 5.74) is 4.56. The highest BCUT2D eigenvalue weighted by Crippen LogP contribution is 2.39. The highest BCUT2D eigenvalue weighted by molar-refractivity contribution is 8.03. The van der Waals surface area contributed by atoms with Crippen LogP contribution < -0.4 is 0 Å². The zero-order valence-electron chi connectivity index (χ0n) is 14.8. The van der Waals surface area contributed by atoms with Gasteiger partial charge in [0.2, 0.25) is 0 Å². The smallest absolute Gasteiger partial charge is 0.0369 e. The maximum absolute atomic E-state index is 3.44. The minimum absolute atomic E-state index is 0.648. The Hall–Kier alpha value is -0.610. The van der Waals surface area contributed by atoms with E-state index in [1.807, 2.05) is 18.7 Å². The van der Waals surface area contributed by atoms with Crippen LogP contribution in [0.5, 0.6) is 0 Å². The summed E-state index contributed by atoms with van der Waals surface area (Å²) in [6, 6.07) is 0. The standard InChI is InChI=1S/C20H32S/c1-7-9-13-21-17(6)19(10-8-2)20-14-16(5)11-12-18(20)15(3)4/h15-16H,7,9,11-14H2,1-6H3/b19-17+/t16-/m1/s1. The molecule has 0 saturated carbocycles. The molecule has 0 nitrogen and oxygen atoms in total. The number of hydrogen-bond donors (Lipinski definition) is 0. The van der Waals surface area contributed by atoms with Gasteiger partial charge in [0, 0.05) is 5.57 Å². The van der Waals surface area contributed by atoms with Crippen molar-refractivity contribution in [1.29, 1.82) is 0 Å². The van der Waals surface area contributed by atoms with E-state index in [4.69, 9.17) is 0 Å². The van der Waals surface area contributed by atoms with Crippen molar-refractivity contribution in [2.45, 2.75) is 73.6 Å². The van der Waals surface area contributed by atoms with Gasteiger partial charge in [-0.25, -0.2) is 0 Å². The monoisotopic (exact) mass is 304 g/mol. The maximum atomic E-state index is 3.44. The predicted octanol–water partition coefficient (Wildman–Crippen LogP) is 6.59. The van der Waals surface area contributed by atoms with Gasteiger partial charge in [-0.1, -0.05) is 45.6 Å². The molecule has 0 aromatic rings. The van der Waals surface area contributed by atoms with E-state index in [2.05, 4.69) is 46.5 Å². The van der Waals surface area contributed by atoms with Gasteiger partial charge in [-0.15, -0.1) is 17.7 Å². The summed E-state index contributed by atoms with van der Waals surface area (Å²) in [7, 11) is 0. The number of hydrogen-bond acceptors (Lipinski definition) is 1. The normalized spacial score (nSPS) is 20.2. The van der Waals surface area contributed by atoms with Gasteiger partial charge < -0.3 is 0 Å². The molecular formula is C20H32S. The Morgan fingerprint density at radius 3 is 2.67 bits per heavy atom. The van der Waals surface area contributed by atoms with Gasteiger partial charge in [0.05, 0.1) is 0 Å². The molecule has 0 bridgehead atoms. The number of unbranched alkanes of at least 4 members (excludes halogenated alkanes) is 1. The summed E-state index contributed by atoms with van der Waals surface area (Å²) in [4.78, 5) is 1.43. The van der Waals surface area contributed by atoms with Crippen molar-refractivity contribution in [3.05, 3.63) is 21.6 Å². The molecule has 0 aromatic carbocycles. The SMILES string of the molecule is CC#C/C(C1=C(C(C)C)CC[C@@H](C)C1)=C(/C)SCCCC. The van der Waals surface area contributed by atoms with Crippen molar-refractivity contribution in [1.82, 2.24) is 0 Å². The van der Waals surface area contributed by atoms with Gasteiger partial charge in [-0.3, -0.25) is 0 Å². The first-order valence-corrected chi connectivity index (χ1v) is 9.48. The van der Waals surface area contributed by atoms with E-state index in [0.717, 1.165) is 5.92 Å². The van der Waals surface area contributed by atoms with Crippen molar-refractivity contribution < 1.29 is 0 Å². The Kier molecular flexibility index (Phi) is 8.27. The van der Waals surface area contributed by atoms with Gasteiger partial charge >= 0.3 is 0 Å². The summed E-state index contributed by atoms with van der Waals surface area (Å²) < 4.78 is 0. The minimum atomic E-state index is 0.648. The van der Waals surface area contributed by atoms with Crippen LogP contribution in [0.15, 0.2) is 21.6 Å². The van der Waals surface area contributed by atoms with Crippen LogP contribution in [0.3, 0.4) is 0 Å². The first kappa shape index (κ1) is 18.4. The molecule has 0 N–H and O–H groups in total. The molecule has 0 aromatic heterocycles. The van der Waals surface area contributed by atoms with E-state index in [-0.39, 0.29) is 0 Å². The summed E-state index contributed by atoms with van der Waals surface area (Å²) >= 11 is 2.00. The van der Waals surface area contributed by atoms with Crippen LogP contribution in [-0.2, 0) is 0 Å². The van der Waals surface area contributed by atoms with Crippen molar-refractivity contribution in [2.75, 3.05) is 5.75 Å². The number of thioether (sulfide) groups is 1. The third-order valence-corrected chi connectivity index (χ3v) is 5.39. The lowest BCUT2D eigenvalue weighted by Crippen LogP contribution is -2.13. The van der Waals surface area contributed by atoms with Crippen molar-refractivity contribution in [3.8, 4) is 11.8 Å². The summed E-state index contributed by atoms with van der Waals surface area (Å²) in [5.74, 6) is 9.25. The van der Waals surface area contributed by atoms with Gasteiger partial charge in [0.15, 0.2) is 0 Å². The molecule has 0 spiro atoms. The van der Waals surface area contributed by atoms with Crippen molar-refractivity contribution in [2.24, 2.45) is 11.8 Å². The molecule has 0 unspecified atom stereocenters. The zero-order valence-corrected chi connectivity index (χ0v) is 15.6. The van der Waals surface area contributed by atoms with Crippen molar-refractivity contribution >= 4 is 11.8 Å². The second-order valence-electron chi connectivity index (χ2n) is 6.51. The lowest BCUT2D eigenvalue weighted by molar-refractivity contribution is 0.476. The third kappa shape index (κ3) is 5.59. The van der Waals surface area contributed by atoms with Crippen LogP contribution in [0.4, 0.5) is 0 Å². The third-order valence-electron chi connectivity index (χ3n) is 4.26. The number of rotatable bonds is 6. The predicted molar refractivity (Wildman–Crippen MR) is 98.4 cm³/mol. The highest BCUT2D eigenvalue weighted by Gasteiger charge is 2.22. The lowest BCUT2D eigenvalue weighted by atomic mass is 9.78. The molecule has 1 atom stereocenters. The Bertz CT molecular complexity index is 454. The average Bonchev–Trinajstić information content (AvgIpc) is 2.44. The number of allylic oxidation sites excluding steroid dienone is 4. The summed E-state index contributed by atoms with van der Waals surface area (Å²) in [5, 5.41) is 0. The molecule has 0 aliphatic heterocycles. The highest BCUT2D eigenvalue weighted by atomic mass is 32.2. The zero-order chi connectivity index (χ0) is 15.8. The van der Waals surface area contributed by atoms with Gasteiger partial charge in [0.1, 0.15) is 0 Å². The van der Waals surface area contributed by atoms with Gasteiger partial charge in [0.25, 0.3) is 0 Å². The molecule has 0 radical (unpaired) electrons. The van der Waals surface area contributed by atoms with E-state index in [1.165, 1.54) is 48.3 Å². The molecule has 1 aliphatic carbocycles. The quantitative estimate of drug-likeness (QED) is 0.394. The van der Waals surface area contributed by atoms with Crippen LogP contribution >= 0.6 is 11.8 Å². The van der Waals surface area contributed by atoms with Crippen LogP contribution in [0, 0.1) is 23.7 Å². The first-order chi connectivity index (χ1) is 10.0. The molecule has 0 fully saturated rings. The molecule has 1 aliphatic rings. The van der Waals surface area contributed by atoms with Crippen molar-refractivity contribution in [3.63, 3.8) is 0 Å². The first-order valence-electron chi connectivity index (χ1n) is 8.49.